The van der Waals surface area contributed by atoms with Crippen LogP contribution in [0.4, 0.5) is 0 Å². The lowest BCUT2D eigenvalue weighted by molar-refractivity contribution is 0.0966. The molecule has 0 saturated carbocycles. The standard InChI is InChI=1S/C8H10.C5H13NO4S.C5H12O/c1-2-8-6-4-3-5-7-8;1-5(9-2)3-4-10-11(6,7)8;1-2-3-4-5-6/h3-7H,2H2,1H3;5H,3-4H2,1-2H3,(H2,6,7,8);6H,2-5H2,1H3. The van der Waals surface area contributed by atoms with Crippen molar-refractivity contribution in [2.45, 2.75) is 59.0 Å². The minimum Gasteiger partial charge on any atom is -0.396 e. The highest BCUT2D eigenvalue weighted by molar-refractivity contribution is 7.84. The van der Waals surface area contributed by atoms with Gasteiger partial charge in [-0.3, -0.25) is 4.18 Å². The minimum atomic E-state index is -3.78. The fourth-order valence-corrected chi connectivity index (χ4v) is 1.85. The first-order valence-corrected chi connectivity index (χ1v) is 10.1. The highest BCUT2D eigenvalue weighted by Gasteiger charge is 2.04. The molecule has 3 N–H and O–H groups in total. The van der Waals surface area contributed by atoms with Crippen LogP contribution in [-0.4, -0.2) is 40.0 Å². The average Bonchev–Trinajstić information content (AvgIpc) is 2.60. The van der Waals surface area contributed by atoms with Gasteiger partial charge >= 0.3 is 10.3 Å². The van der Waals surface area contributed by atoms with Crippen LogP contribution >= 0.6 is 0 Å². The lowest BCUT2D eigenvalue weighted by atomic mass is 10.2. The molecule has 25 heavy (non-hydrogen) atoms. The van der Waals surface area contributed by atoms with E-state index in [1.807, 2.05) is 13.0 Å². The first-order valence-electron chi connectivity index (χ1n) is 8.65. The zero-order chi connectivity index (χ0) is 19.6. The van der Waals surface area contributed by atoms with Crippen molar-refractivity contribution in [3.05, 3.63) is 35.9 Å². The highest BCUT2D eigenvalue weighted by Crippen LogP contribution is 1.97. The van der Waals surface area contributed by atoms with Gasteiger partial charge in [0.25, 0.3) is 0 Å². The zero-order valence-electron chi connectivity index (χ0n) is 16.0. The monoisotopic (exact) mass is 377 g/mol. The second-order valence-electron chi connectivity index (χ2n) is 5.42. The number of methoxy groups -OCH3 is 1. The number of aliphatic hydroxyl groups is 1. The summed E-state index contributed by atoms with van der Waals surface area (Å²) in [4.78, 5) is 0. The van der Waals surface area contributed by atoms with Crippen LogP contribution in [0.25, 0.3) is 0 Å². The summed E-state index contributed by atoms with van der Waals surface area (Å²) >= 11 is 0. The van der Waals surface area contributed by atoms with Gasteiger partial charge in [0.15, 0.2) is 0 Å². The molecule has 0 fully saturated rings. The summed E-state index contributed by atoms with van der Waals surface area (Å²) in [5.41, 5.74) is 1.41. The normalized spacial score (nSPS) is 11.6. The number of aliphatic hydroxyl groups excluding tert-OH is 1. The first kappa shape index (κ1) is 26.2. The van der Waals surface area contributed by atoms with Crippen LogP contribution in [0, 0.1) is 0 Å². The smallest absolute Gasteiger partial charge is 0.333 e. The zero-order valence-corrected chi connectivity index (χ0v) is 16.8. The number of aryl methyl sites for hydroxylation is 1. The molecule has 0 bridgehead atoms. The maximum atomic E-state index is 10.2. The Bertz CT molecular complexity index is 475. The van der Waals surface area contributed by atoms with Crippen molar-refractivity contribution >= 4 is 10.3 Å². The van der Waals surface area contributed by atoms with Crippen LogP contribution in [0.2, 0.25) is 0 Å². The van der Waals surface area contributed by atoms with E-state index in [2.05, 4.69) is 47.4 Å². The van der Waals surface area contributed by atoms with Gasteiger partial charge in [0.05, 0.1) is 12.7 Å². The Morgan fingerprint density at radius 2 is 1.76 bits per heavy atom. The first-order chi connectivity index (χ1) is 11.8. The van der Waals surface area contributed by atoms with E-state index in [1.165, 1.54) is 12.0 Å². The van der Waals surface area contributed by atoms with E-state index >= 15 is 0 Å². The van der Waals surface area contributed by atoms with Gasteiger partial charge < -0.3 is 9.84 Å². The summed E-state index contributed by atoms with van der Waals surface area (Å²) in [6.07, 6.45) is 4.96. The lowest BCUT2D eigenvalue weighted by Crippen LogP contribution is -2.18. The number of hydrogen-bond donors (Lipinski definition) is 2. The fraction of sp³-hybridized carbons (Fsp3) is 0.667. The molecule has 148 valence electrons. The SMILES string of the molecule is CCCCCO.CCc1ccccc1.COC(C)CCOS(N)(=O)=O. The number of benzene rings is 1. The second kappa shape index (κ2) is 17.8. The Labute approximate surface area is 153 Å². The predicted molar refractivity (Wildman–Crippen MR) is 103 cm³/mol. The summed E-state index contributed by atoms with van der Waals surface area (Å²) in [6, 6.07) is 10.5. The molecule has 1 unspecified atom stereocenters. The van der Waals surface area contributed by atoms with E-state index in [1.54, 1.807) is 7.11 Å². The molecule has 0 aliphatic carbocycles. The number of hydrogen-bond acceptors (Lipinski definition) is 5. The molecule has 1 rings (SSSR count). The van der Waals surface area contributed by atoms with Crippen LogP contribution in [-0.2, 0) is 25.6 Å². The van der Waals surface area contributed by atoms with Crippen molar-refractivity contribution in [1.82, 2.24) is 0 Å². The molecular weight excluding hydrogens is 342 g/mol. The van der Waals surface area contributed by atoms with Crippen molar-refractivity contribution in [3.8, 4) is 0 Å². The van der Waals surface area contributed by atoms with Crippen LogP contribution in [0.1, 0.15) is 52.0 Å². The number of unbranched alkanes of at least 4 members (excludes halogenated alkanes) is 2. The molecular formula is C18H35NO5S. The van der Waals surface area contributed by atoms with E-state index in [0.29, 0.717) is 13.0 Å². The third-order valence-corrected chi connectivity index (χ3v) is 3.68. The molecule has 0 aliphatic heterocycles. The van der Waals surface area contributed by atoms with Crippen LogP contribution in [0.3, 0.4) is 0 Å². The van der Waals surface area contributed by atoms with E-state index in [9.17, 15) is 8.42 Å². The third kappa shape index (κ3) is 23.0. The predicted octanol–water partition coefficient (Wildman–Crippen LogP) is 3.05. The molecule has 1 atom stereocenters. The number of ether oxygens (including phenoxy) is 1. The van der Waals surface area contributed by atoms with Crippen molar-refractivity contribution in [1.29, 1.82) is 0 Å². The van der Waals surface area contributed by atoms with Crippen LogP contribution in [0.5, 0.6) is 0 Å². The summed E-state index contributed by atoms with van der Waals surface area (Å²) < 4.78 is 29.6. The van der Waals surface area contributed by atoms with Gasteiger partial charge in [0.1, 0.15) is 0 Å². The Morgan fingerprint density at radius 1 is 1.16 bits per heavy atom. The summed E-state index contributed by atoms with van der Waals surface area (Å²) in [6.45, 7) is 6.51. The number of rotatable bonds is 9. The van der Waals surface area contributed by atoms with E-state index in [4.69, 9.17) is 9.84 Å². The average molecular weight is 378 g/mol. The van der Waals surface area contributed by atoms with Crippen LogP contribution < -0.4 is 5.14 Å². The van der Waals surface area contributed by atoms with E-state index < -0.39 is 10.3 Å². The van der Waals surface area contributed by atoms with Gasteiger partial charge in [0.2, 0.25) is 0 Å². The molecule has 0 amide bonds. The molecule has 1 aromatic carbocycles. The molecule has 0 spiro atoms. The Balaban J connectivity index is 0. The molecule has 0 heterocycles. The lowest BCUT2D eigenvalue weighted by Gasteiger charge is -2.07. The Kier molecular flexibility index (Phi) is 18.7. The summed E-state index contributed by atoms with van der Waals surface area (Å²) in [5, 5.41) is 12.8. The third-order valence-electron chi connectivity index (χ3n) is 3.19. The van der Waals surface area contributed by atoms with E-state index in [-0.39, 0.29) is 12.7 Å². The fourth-order valence-electron chi connectivity index (χ4n) is 1.52. The second-order valence-corrected chi connectivity index (χ2v) is 6.64. The minimum absolute atomic E-state index is 0.0169. The summed E-state index contributed by atoms with van der Waals surface area (Å²) in [5.74, 6) is 0. The summed E-state index contributed by atoms with van der Waals surface area (Å²) in [7, 11) is -2.24. The van der Waals surface area contributed by atoms with Gasteiger partial charge in [-0.25, -0.2) is 5.14 Å². The molecule has 1 aromatic rings. The highest BCUT2D eigenvalue weighted by atomic mass is 32.2. The Hall–Kier alpha value is -0.990. The van der Waals surface area contributed by atoms with Gasteiger partial charge in [-0.1, -0.05) is 57.0 Å². The maximum absolute atomic E-state index is 10.2. The maximum Gasteiger partial charge on any atom is 0.333 e. The Morgan fingerprint density at radius 3 is 2.08 bits per heavy atom. The molecule has 0 saturated heterocycles. The molecule has 0 radical (unpaired) electrons. The van der Waals surface area contributed by atoms with Gasteiger partial charge in [-0.05, 0) is 31.7 Å². The van der Waals surface area contributed by atoms with Gasteiger partial charge in [0, 0.05) is 13.7 Å². The van der Waals surface area contributed by atoms with Gasteiger partial charge in [-0.2, -0.15) is 8.42 Å². The topological polar surface area (TPSA) is 98.8 Å². The van der Waals surface area contributed by atoms with Crippen molar-refractivity contribution < 1.29 is 22.4 Å². The van der Waals surface area contributed by atoms with Crippen molar-refractivity contribution in [3.63, 3.8) is 0 Å². The molecule has 7 heteroatoms. The van der Waals surface area contributed by atoms with Gasteiger partial charge in [-0.15, -0.1) is 0 Å². The molecule has 6 nitrogen and oxygen atoms in total. The quantitative estimate of drug-likeness (QED) is 0.644. The van der Waals surface area contributed by atoms with Crippen molar-refractivity contribution in [2.24, 2.45) is 5.14 Å². The van der Waals surface area contributed by atoms with Crippen molar-refractivity contribution in [2.75, 3.05) is 20.3 Å². The molecule has 0 aromatic heterocycles. The van der Waals surface area contributed by atoms with Crippen LogP contribution in [0.15, 0.2) is 30.3 Å². The number of nitrogens with two attached hydrogens (primary N) is 1. The largest absolute Gasteiger partial charge is 0.396 e. The molecule has 0 aliphatic rings. The van der Waals surface area contributed by atoms with E-state index in [0.717, 1.165) is 19.3 Å².